The molecule has 0 radical (unpaired) electrons. The highest BCUT2D eigenvalue weighted by atomic mass is 16.4. The minimum absolute atomic E-state index is 0.0792. The summed E-state index contributed by atoms with van der Waals surface area (Å²) in [5, 5.41) is 80.6. The SMILES string of the molecule is CCC(C)C(NC(=O)C(CC(C)C)NC(=O)C(CCCCN)NC(=O)C(CCC(N)=O)NC(=O)C(N)CCC(=O)O)C(=O)NC(CO)C(=O)NC(CCC(=O)O)C(=O)NC(CCC(=O)O)C(=O)NC(CC(=O)O)C(=O)NC(CC(C)C)C(=O)NC(CC(N)=O)C(=O)O. The van der Waals surface area contributed by atoms with Gasteiger partial charge in [0.05, 0.1) is 25.5 Å². The quantitative estimate of drug-likeness (QED) is 0.0252. The third kappa shape index (κ3) is 33.6. The molecular weight excluding hydrogens is 1220 g/mol. The fraction of sp³-hybridized carbons (Fsp3) is 0.691. The summed E-state index contributed by atoms with van der Waals surface area (Å²) in [6, 6.07) is -18.9. The molecule has 0 spiro atoms. The number of carbonyl (C=O) groups is 17. The number of hydrogen-bond acceptors (Lipinski definition) is 20. The van der Waals surface area contributed by atoms with Crippen molar-refractivity contribution in [2.75, 3.05) is 13.2 Å². The molecule has 0 rings (SSSR count). The first-order valence-electron chi connectivity index (χ1n) is 29.6. The van der Waals surface area contributed by atoms with E-state index in [1.807, 2.05) is 10.6 Å². The molecule has 0 saturated heterocycles. The lowest BCUT2D eigenvalue weighted by Crippen LogP contribution is -2.62. The van der Waals surface area contributed by atoms with Gasteiger partial charge in [-0.1, -0.05) is 48.0 Å². The van der Waals surface area contributed by atoms with Gasteiger partial charge in [0.25, 0.3) is 0 Å². The minimum atomic E-state index is -2.10. The number of amides is 12. The highest BCUT2D eigenvalue weighted by Crippen LogP contribution is 2.15. The lowest BCUT2D eigenvalue weighted by atomic mass is 9.96. The first kappa shape index (κ1) is 82.9. The van der Waals surface area contributed by atoms with Gasteiger partial charge in [-0.3, -0.25) is 76.7 Å². The van der Waals surface area contributed by atoms with Gasteiger partial charge in [-0.05, 0) is 82.1 Å². The fourth-order valence-electron chi connectivity index (χ4n) is 8.59. The van der Waals surface area contributed by atoms with Crippen LogP contribution in [-0.4, -0.2) is 211 Å². The van der Waals surface area contributed by atoms with Crippen molar-refractivity contribution in [2.45, 2.75) is 211 Å². The van der Waals surface area contributed by atoms with Gasteiger partial charge in [0.15, 0.2) is 0 Å². The van der Waals surface area contributed by atoms with Crippen molar-refractivity contribution in [3.05, 3.63) is 0 Å². The van der Waals surface area contributed by atoms with Crippen LogP contribution in [0.5, 0.6) is 0 Å². The van der Waals surface area contributed by atoms with E-state index in [1.54, 1.807) is 34.6 Å². The molecular formula is C55H92N14O23. The van der Waals surface area contributed by atoms with Crippen LogP contribution in [0, 0.1) is 17.8 Å². The molecule has 0 aromatic carbocycles. The number of primary amides is 2. The van der Waals surface area contributed by atoms with Crippen LogP contribution in [0.4, 0.5) is 0 Å². The summed E-state index contributed by atoms with van der Waals surface area (Å²) in [5.74, 6) is -22.8. The molecule has 520 valence electrons. The van der Waals surface area contributed by atoms with Crippen molar-refractivity contribution in [1.82, 2.24) is 53.2 Å². The predicted molar refractivity (Wildman–Crippen MR) is 318 cm³/mol. The number of aliphatic hydroxyl groups is 1. The van der Waals surface area contributed by atoms with Gasteiger partial charge in [0, 0.05) is 25.7 Å². The van der Waals surface area contributed by atoms with E-state index in [-0.39, 0.29) is 57.4 Å². The molecule has 24 N–H and O–H groups in total. The summed E-state index contributed by atoms with van der Waals surface area (Å²) in [5.41, 5.74) is 21.9. The van der Waals surface area contributed by atoms with E-state index in [9.17, 15) is 107 Å². The zero-order valence-corrected chi connectivity index (χ0v) is 52.2. The zero-order chi connectivity index (χ0) is 70.7. The van der Waals surface area contributed by atoms with Crippen LogP contribution in [0.15, 0.2) is 0 Å². The number of aliphatic carboxylic acids is 5. The Balaban J connectivity index is 6.94. The van der Waals surface area contributed by atoms with Crippen LogP contribution in [0.2, 0.25) is 0 Å². The lowest BCUT2D eigenvalue weighted by molar-refractivity contribution is -0.144. The monoisotopic (exact) mass is 1320 g/mol. The summed E-state index contributed by atoms with van der Waals surface area (Å²) in [7, 11) is 0. The van der Waals surface area contributed by atoms with Gasteiger partial charge >= 0.3 is 29.8 Å². The number of aliphatic hydroxyl groups excluding tert-OH is 1. The van der Waals surface area contributed by atoms with E-state index < -0.39 is 237 Å². The standard InChI is InChI=1S/C55H92N14O23/c1-7-27(6)44(69-52(88)34(21-26(4)5)64-46(82)29(10-8-9-19-56)61-47(83)30(12-15-38(58)71)60-45(81)28(57)11-16-40(73)74)54(90)68-37(24-70)53(89)63-31(13-17-41(75)76)48(84)62-32(14-18-42(77)78)49(85)66-35(23-43(79)80)51(87)65-33(20-25(2)3)50(86)67-36(55(91)92)22-39(59)72/h25-37,44,70H,7-24,56-57H2,1-6H3,(H2,58,71)(H2,59,72)(H,60,81)(H,61,83)(H,62,84)(H,63,89)(H,64,82)(H,65,87)(H,66,85)(H,67,86)(H,68,90)(H,69,88)(H,73,74)(H,75,76)(H,77,78)(H,79,80)(H,91,92). The predicted octanol–water partition coefficient (Wildman–Crippen LogP) is -6.28. The summed E-state index contributed by atoms with van der Waals surface area (Å²) < 4.78 is 0. The molecule has 12 unspecified atom stereocenters. The molecule has 37 heteroatoms. The molecule has 92 heavy (non-hydrogen) atoms. The van der Waals surface area contributed by atoms with Gasteiger partial charge in [0.2, 0.25) is 70.9 Å². The Kier molecular flexibility index (Phi) is 38.5. The van der Waals surface area contributed by atoms with Crippen LogP contribution in [0.25, 0.3) is 0 Å². The molecule has 37 nitrogen and oxygen atoms in total. The van der Waals surface area contributed by atoms with Crippen molar-refractivity contribution in [2.24, 2.45) is 40.7 Å². The second-order valence-electron chi connectivity index (χ2n) is 22.7. The molecule has 0 aliphatic heterocycles. The van der Waals surface area contributed by atoms with Crippen LogP contribution < -0.4 is 76.1 Å². The topological polar surface area (TPSA) is 636 Å². The Labute approximate surface area is 529 Å². The molecule has 0 heterocycles. The number of rotatable bonds is 48. The molecule has 0 fully saturated rings. The number of nitrogens with two attached hydrogens (primary N) is 4. The van der Waals surface area contributed by atoms with Gasteiger partial charge in [-0.2, -0.15) is 0 Å². The Bertz CT molecular complexity index is 2610. The zero-order valence-electron chi connectivity index (χ0n) is 52.2. The number of hydrogen-bond donors (Lipinski definition) is 20. The average Bonchev–Trinajstić information content (AvgIpc) is 1.18. The number of unbranched alkanes of at least 4 members (excludes halogenated alkanes) is 1. The van der Waals surface area contributed by atoms with Crippen LogP contribution >= 0.6 is 0 Å². The van der Waals surface area contributed by atoms with Crippen molar-refractivity contribution in [3.8, 4) is 0 Å². The number of carboxylic acids is 5. The molecule has 12 atom stereocenters. The maximum Gasteiger partial charge on any atom is 0.326 e. The van der Waals surface area contributed by atoms with Crippen LogP contribution in [0.1, 0.15) is 144 Å². The van der Waals surface area contributed by atoms with E-state index >= 15 is 0 Å². The highest BCUT2D eigenvalue weighted by Gasteiger charge is 2.38. The lowest BCUT2D eigenvalue weighted by Gasteiger charge is -2.30. The van der Waals surface area contributed by atoms with Gasteiger partial charge < -0.3 is 107 Å². The third-order valence-corrected chi connectivity index (χ3v) is 13.8. The average molecular weight is 1320 g/mol. The summed E-state index contributed by atoms with van der Waals surface area (Å²) in [6.07, 6.45) is -6.62. The molecule has 0 aliphatic rings. The molecule has 0 bridgehead atoms. The Hall–Kier alpha value is -9.13. The van der Waals surface area contributed by atoms with Gasteiger partial charge in [-0.25, -0.2) is 4.79 Å². The van der Waals surface area contributed by atoms with E-state index in [0.717, 1.165) is 0 Å². The first-order valence-corrected chi connectivity index (χ1v) is 29.6. The van der Waals surface area contributed by atoms with Crippen molar-refractivity contribution in [1.29, 1.82) is 0 Å². The Morgan fingerprint density at radius 3 is 1.10 bits per heavy atom. The molecule has 0 aromatic heterocycles. The maximum atomic E-state index is 14.2. The maximum absolute atomic E-state index is 14.2. The Morgan fingerprint density at radius 1 is 0.370 bits per heavy atom. The summed E-state index contributed by atoms with van der Waals surface area (Å²) in [4.78, 5) is 219. The Morgan fingerprint density at radius 2 is 0.717 bits per heavy atom. The van der Waals surface area contributed by atoms with Gasteiger partial charge in [-0.15, -0.1) is 0 Å². The van der Waals surface area contributed by atoms with E-state index in [2.05, 4.69) is 42.5 Å². The van der Waals surface area contributed by atoms with Crippen molar-refractivity contribution >= 4 is 101 Å². The minimum Gasteiger partial charge on any atom is -0.481 e. The highest BCUT2D eigenvalue weighted by molar-refractivity contribution is 6.00. The molecule has 0 aliphatic carbocycles. The smallest absolute Gasteiger partial charge is 0.326 e. The summed E-state index contributed by atoms with van der Waals surface area (Å²) >= 11 is 0. The normalized spacial score (nSPS) is 15.0. The molecule has 12 amide bonds. The second kappa shape index (κ2) is 42.8. The second-order valence-corrected chi connectivity index (χ2v) is 22.7. The third-order valence-electron chi connectivity index (χ3n) is 13.8. The van der Waals surface area contributed by atoms with Crippen LogP contribution in [-0.2, 0) is 81.5 Å². The molecule has 0 aromatic rings. The summed E-state index contributed by atoms with van der Waals surface area (Å²) in [6.45, 7) is 8.63. The number of nitrogens with one attached hydrogen (secondary N) is 10. The fourth-order valence-corrected chi connectivity index (χ4v) is 8.59. The first-order chi connectivity index (χ1) is 42.9. The van der Waals surface area contributed by atoms with E-state index in [1.165, 1.54) is 6.92 Å². The largest absolute Gasteiger partial charge is 0.481 e. The van der Waals surface area contributed by atoms with Crippen LogP contribution in [0.3, 0.4) is 0 Å². The van der Waals surface area contributed by atoms with Crippen molar-refractivity contribution in [3.63, 3.8) is 0 Å². The van der Waals surface area contributed by atoms with E-state index in [0.29, 0.717) is 6.42 Å². The van der Waals surface area contributed by atoms with Gasteiger partial charge in [0.1, 0.15) is 60.4 Å². The molecule has 0 saturated carbocycles. The van der Waals surface area contributed by atoms with Crippen molar-refractivity contribution < 1.29 is 112 Å². The number of carboxylic acid groups (broad SMARTS) is 5. The number of carbonyl (C=O) groups excluding carboxylic acids is 12. The van der Waals surface area contributed by atoms with E-state index in [4.69, 9.17) is 28.0 Å².